The van der Waals surface area contributed by atoms with Crippen molar-refractivity contribution in [1.82, 2.24) is 0 Å². The van der Waals surface area contributed by atoms with E-state index in [-0.39, 0.29) is 21.7 Å². The van der Waals surface area contributed by atoms with Gasteiger partial charge in [-0.05, 0) is 195 Å². The molecule has 4 heteroatoms. The predicted molar refractivity (Wildman–Crippen MR) is 348 cm³/mol. The van der Waals surface area contributed by atoms with Crippen LogP contribution in [0.4, 0.5) is 22.7 Å². The topological polar surface area (TPSA) is 49.4 Å². The smallest absolute Gasteiger partial charge is 0.0978 e. The molecule has 80 heavy (non-hydrogen) atoms. The van der Waals surface area contributed by atoms with Gasteiger partial charge in [0.05, 0.1) is 45.6 Å². The van der Waals surface area contributed by atoms with Gasteiger partial charge < -0.3 is 0 Å². The highest BCUT2D eigenvalue weighted by atomic mass is 14.9. The van der Waals surface area contributed by atoms with Crippen molar-refractivity contribution < 1.29 is 0 Å². The Morgan fingerprint density at radius 2 is 0.537 bits per heavy atom. The van der Waals surface area contributed by atoms with E-state index in [9.17, 15) is 0 Å². The molecule has 0 saturated carbocycles. The number of aliphatic imine (C=N–C) groups is 4. The van der Waals surface area contributed by atoms with Gasteiger partial charge in [-0.3, -0.25) is 0 Å². The molecule has 0 saturated heterocycles. The molecule has 4 aliphatic carbocycles. The summed E-state index contributed by atoms with van der Waals surface area (Å²) in [5, 5.41) is 0. The molecule has 4 aliphatic rings. The van der Waals surface area contributed by atoms with Gasteiger partial charge >= 0.3 is 0 Å². The maximum Gasteiger partial charge on any atom is 0.0978 e. The summed E-state index contributed by atoms with van der Waals surface area (Å²) in [5.74, 6) is 1.55. The molecule has 6 aromatic rings. The molecule has 0 aliphatic heterocycles. The van der Waals surface area contributed by atoms with Crippen LogP contribution in [-0.4, -0.2) is 22.8 Å². The Bertz CT molecular complexity index is 3380. The molecule has 0 unspecified atom stereocenters. The molecule has 0 heterocycles. The zero-order valence-corrected chi connectivity index (χ0v) is 53.3. The molecular formula is C76H92N4. The second kappa shape index (κ2) is 20.8. The minimum absolute atomic E-state index is 0.101. The summed E-state index contributed by atoms with van der Waals surface area (Å²) in [7, 11) is 0. The fraction of sp³-hybridized carbons (Fsp3) is 0.421. The predicted octanol–water partition coefficient (Wildman–Crippen LogP) is 21.3. The summed E-state index contributed by atoms with van der Waals surface area (Å²) in [6.45, 7) is 54.8. The molecule has 0 N–H and O–H groups in total. The van der Waals surface area contributed by atoms with Gasteiger partial charge in [-0.2, -0.15) is 0 Å². The summed E-state index contributed by atoms with van der Waals surface area (Å²) >= 11 is 0. The van der Waals surface area contributed by atoms with Crippen LogP contribution >= 0.6 is 0 Å². The number of hydrogen-bond acceptors (Lipinski definition) is 4. The average molecular weight is 1060 g/mol. The lowest BCUT2D eigenvalue weighted by Gasteiger charge is -2.45. The average Bonchev–Trinajstić information content (AvgIpc) is 3.73. The highest BCUT2D eigenvalue weighted by molar-refractivity contribution is 6.68. The minimum Gasteiger partial charge on any atom is -0.246 e. The molecule has 10 rings (SSSR count). The molecular weight excluding hydrogens is 969 g/mol. The van der Waals surface area contributed by atoms with Crippen LogP contribution in [0, 0.1) is 117 Å². The molecule has 0 bridgehead atoms. The maximum absolute atomic E-state index is 5.52. The first-order chi connectivity index (χ1) is 37.1. The Labute approximate surface area is 482 Å². The molecule has 4 nitrogen and oxygen atoms in total. The first-order valence-corrected chi connectivity index (χ1v) is 29.5. The van der Waals surface area contributed by atoms with Crippen molar-refractivity contribution in [3.63, 3.8) is 0 Å². The highest BCUT2D eigenvalue weighted by Crippen LogP contribution is 2.58. The van der Waals surface area contributed by atoms with Crippen molar-refractivity contribution in [2.45, 2.75) is 178 Å². The summed E-state index contributed by atoms with van der Waals surface area (Å²) in [5.41, 5.74) is 33.9. The number of rotatable bonds is 4. The van der Waals surface area contributed by atoms with Gasteiger partial charge in [-0.25, -0.2) is 20.0 Å². The van der Waals surface area contributed by atoms with Gasteiger partial charge in [-0.15, -0.1) is 0 Å². The Morgan fingerprint density at radius 1 is 0.300 bits per heavy atom. The van der Waals surface area contributed by atoms with Crippen LogP contribution in [0.3, 0.4) is 0 Å². The van der Waals surface area contributed by atoms with Crippen LogP contribution in [0.1, 0.15) is 195 Å². The summed E-state index contributed by atoms with van der Waals surface area (Å²) in [4.78, 5) is 22.0. The second-order valence-corrected chi connectivity index (χ2v) is 29.0. The highest BCUT2D eigenvalue weighted by Gasteiger charge is 2.48. The number of allylic oxidation sites excluding steroid dienone is 4. The van der Waals surface area contributed by atoms with Gasteiger partial charge in [0.25, 0.3) is 0 Å². The monoisotopic (exact) mass is 1060 g/mol. The fourth-order valence-corrected chi connectivity index (χ4v) is 14.5. The third kappa shape index (κ3) is 10.8. The van der Waals surface area contributed by atoms with Crippen molar-refractivity contribution in [2.75, 3.05) is 0 Å². The van der Waals surface area contributed by atoms with Crippen LogP contribution in [0.2, 0.25) is 0 Å². The molecule has 0 aromatic heterocycles. The zero-order valence-electron chi connectivity index (χ0n) is 53.3. The molecule has 416 valence electrons. The van der Waals surface area contributed by atoms with Crippen LogP contribution in [0.15, 0.2) is 117 Å². The van der Waals surface area contributed by atoms with E-state index in [0.717, 1.165) is 45.6 Å². The lowest BCUT2D eigenvalue weighted by Crippen LogP contribution is -2.36. The third-order valence-corrected chi connectivity index (χ3v) is 17.6. The molecule has 4 atom stereocenters. The van der Waals surface area contributed by atoms with Crippen LogP contribution in [0.5, 0.6) is 0 Å². The van der Waals surface area contributed by atoms with Crippen molar-refractivity contribution in [2.24, 2.45) is 53.5 Å². The Balaban J connectivity index is 0.000000194. The first kappa shape index (κ1) is 58.1. The Kier molecular flexibility index (Phi) is 15.1. The zero-order chi connectivity index (χ0) is 58.6. The Morgan fingerprint density at radius 3 is 0.762 bits per heavy atom. The van der Waals surface area contributed by atoms with Crippen molar-refractivity contribution in [1.29, 1.82) is 0 Å². The van der Waals surface area contributed by atoms with E-state index in [0.29, 0.717) is 23.7 Å². The minimum atomic E-state index is 0.101. The number of benzene rings is 6. The fourth-order valence-electron chi connectivity index (χ4n) is 14.5. The van der Waals surface area contributed by atoms with E-state index in [2.05, 4.69) is 263 Å². The van der Waals surface area contributed by atoms with E-state index in [1.54, 1.807) is 0 Å². The maximum atomic E-state index is 5.52. The molecule has 0 spiro atoms. The molecule has 0 fully saturated rings. The number of hydrogen-bond donors (Lipinski definition) is 0. The number of nitrogens with zero attached hydrogens (tertiary/aromatic N) is 4. The van der Waals surface area contributed by atoms with Crippen molar-refractivity contribution in [3.8, 4) is 0 Å². The summed E-state index contributed by atoms with van der Waals surface area (Å²) in [6, 6.07) is 31.7. The quantitative estimate of drug-likeness (QED) is 0.169. The molecule has 0 radical (unpaired) electrons. The largest absolute Gasteiger partial charge is 0.246 e. The van der Waals surface area contributed by atoms with E-state index < -0.39 is 0 Å². The van der Waals surface area contributed by atoms with Crippen LogP contribution < -0.4 is 0 Å². The van der Waals surface area contributed by atoms with Gasteiger partial charge in [0.2, 0.25) is 0 Å². The normalized spacial score (nSPS) is 20.8. The standard InChI is InChI=1S/2C38H46N2/c2*1-21-16-23(3)33(24(4)17-21)39-35-28-15-13-14-27-31(28)29(20-30(37(7,8)9)32(27)38(10,11)12)36(35)40-34-25(5)18-22(2)19-26(34)6/h2*13-20,30,32H,1-12H3/t2*30-,32-/m10/s1. The Hall–Kier alpha value is -6.52. The molecule has 6 aromatic carbocycles. The third-order valence-electron chi connectivity index (χ3n) is 17.6. The lowest BCUT2D eigenvalue weighted by molar-refractivity contribution is 0.163. The van der Waals surface area contributed by atoms with E-state index in [1.807, 2.05) is 0 Å². The van der Waals surface area contributed by atoms with Crippen LogP contribution in [0.25, 0.3) is 11.1 Å². The SMILES string of the molecule is Cc1cc(C)c(N=C2C3=C[C@@H](C(C)(C)C)[C@H](C(C)(C)C)c4cccc(c43)C2=Nc2c(C)cc(C)cc2C)c(C)c1.Cc1cc(C)c(N=C2C3=C[C@H](C(C)(C)C)[C@@H](C(C)(C)C)c4cccc(c43)C2=Nc2c(C)cc(C)cc2C)c(C)c1. The summed E-state index contributed by atoms with van der Waals surface area (Å²) in [6.07, 6.45) is 5.10. The van der Waals surface area contributed by atoms with E-state index in [1.165, 1.54) is 111 Å². The number of aryl methyl sites for hydroxylation is 12. The van der Waals surface area contributed by atoms with Gasteiger partial charge in [0, 0.05) is 22.3 Å². The van der Waals surface area contributed by atoms with Crippen LogP contribution in [-0.2, 0) is 0 Å². The van der Waals surface area contributed by atoms with Gasteiger partial charge in [-0.1, -0.05) is 202 Å². The van der Waals surface area contributed by atoms with E-state index >= 15 is 0 Å². The second-order valence-electron chi connectivity index (χ2n) is 29.0. The van der Waals surface area contributed by atoms with Gasteiger partial charge in [0.1, 0.15) is 0 Å². The first-order valence-electron chi connectivity index (χ1n) is 29.5. The van der Waals surface area contributed by atoms with Gasteiger partial charge in [0.15, 0.2) is 0 Å². The van der Waals surface area contributed by atoms with E-state index in [4.69, 9.17) is 20.0 Å². The lowest BCUT2D eigenvalue weighted by atomic mass is 9.58. The van der Waals surface area contributed by atoms with Crippen molar-refractivity contribution in [3.05, 3.63) is 197 Å². The molecule has 0 amide bonds. The summed E-state index contributed by atoms with van der Waals surface area (Å²) < 4.78 is 0. The van der Waals surface area contributed by atoms with Crippen molar-refractivity contribution >= 4 is 56.7 Å².